The predicted molar refractivity (Wildman–Crippen MR) is 95.2 cm³/mol. The largest absolute Gasteiger partial charge is 0.378 e. The van der Waals surface area contributed by atoms with Crippen molar-refractivity contribution < 1.29 is 4.74 Å². The zero-order valence-electron chi connectivity index (χ0n) is 14.1. The van der Waals surface area contributed by atoms with Crippen molar-refractivity contribution in [3.63, 3.8) is 0 Å². The highest BCUT2D eigenvalue weighted by molar-refractivity contribution is 5.76. The van der Waals surface area contributed by atoms with Gasteiger partial charge in [0.15, 0.2) is 0 Å². The summed E-state index contributed by atoms with van der Waals surface area (Å²) in [6.45, 7) is 4.06. The molecule has 0 bridgehead atoms. The van der Waals surface area contributed by atoms with E-state index in [1.165, 1.54) is 0 Å². The first-order chi connectivity index (χ1) is 12.4. The summed E-state index contributed by atoms with van der Waals surface area (Å²) in [6.07, 6.45) is 8.14. The van der Waals surface area contributed by atoms with Crippen LogP contribution in [-0.2, 0) is 4.74 Å². The van der Waals surface area contributed by atoms with Gasteiger partial charge in [-0.1, -0.05) is 12.1 Å². The maximum absolute atomic E-state index is 5.31. The Bertz CT molecular complexity index is 880. The van der Waals surface area contributed by atoms with Crippen molar-refractivity contribution in [3.8, 4) is 11.3 Å². The van der Waals surface area contributed by atoms with Crippen molar-refractivity contribution in [1.82, 2.24) is 24.6 Å². The molecule has 5 rings (SSSR count). The number of benzene rings is 1. The minimum atomic E-state index is 0.472. The van der Waals surface area contributed by atoms with Gasteiger partial charge in [-0.15, -0.1) is 0 Å². The SMILES string of the molecule is c1ccc2nc(-c3cnn(C4CCN(C5COC5)CC4)c3)cnc2c1. The van der Waals surface area contributed by atoms with Gasteiger partial charge in [0.25, 0.3) is 0 Å². The fraction of sp³-hybridized carbons (Fsp3) is 0.421. The second kappa shape index (κ2) is 6.20. The predicted octanol–water partition coefficient (Wildman–Crippen LogP) is 2.53. The van der Waals surface area contributed by atoms with Crippen LogP contribution in [-0.4, -0.2) is 57.0 Å². The van der Waals surface area contributed by atoms with E-state index in [1.807, 2.05) is 36.7 Å². The fourth-order valence-electron chi connectivity index (χ4n) is 3.72. The Hall–Kier alpha value is -2.31. The van der Waals surface area contributed by atoms with Crippen LogP contribution in [0, 0.1) is 0 Å². The monoisotopic (exact) mass is 335 g/mol. The summed E-state index contributed by atoms with van der Waals surface area (Å²) in [5, 5.41) is 4.61. The van der Waals surface area contributed by atoms with E-state index in [-0.39, 0.29) is 0 Å². The van der Waals surface area contributed by atoms with Crippen LogP contribution in [0.2, 0.25) is 0 Å². The maximum atomic E-state index is 5.31. The summed E-state index contributed by atoms with van der Waals surface area (Å²) in [5.74, 6) is 0. The molecule has 2 aliphatic heterocycles. The summed E-state index contributed by atoms with van der Waals surface area (Å²) in [7, 11) is 0. The van der Waals surface area contributed by atoms with Gasteiger partial charge in [-0.3, -0.25) is 14.6 Å². The van der Waals surface area contributed by atoms with Crippen molar-refractivity contribution in [2.75, 3.05) is 26.3 Å². The molecule has 6 nitrogen and oxygen atoms in total. The third-order valence-electron chi connectivity index (χ3n) is 5.36. The Morgan fingerprint density at radius 1 is 0.960 bits per heavy atom. The third kappa shape index (κ3) is 2.81. The lowest BCUT2D eigenvalue weighted by Gasteiger charge is -2.41. The van der Waals surface area contributed by atoms with E-state index < -0.39 is 0 Å². The normalized spacial score (nSPS) is 20.0. The number of likely N-dealkylation sites (tertiary alicyclic amines) is 1. The highest BCUT2D eigenvalue weighted by Gasteiger charge is 2.30. The van der Waals surface area contributed by atoms with Crippen LogP contribution in [0.1, 0.15) is 18.9 Å². The van der Waals surface area contributed by atoms with Crippen LogP contribution in [0.4, 0.5) is 0 Å². The van der Waals surface area contributed by atoms with Crippen LogP contribution in [0.5, 0.6) is 0 Å². The van der Waals surface area contributed by atoms with Gasteiger partial charge >= 0.3 is 0 Å². The van der Waals surface area contributed by atoms with E-state index in [1.54, 1.807) is 0 Å². The molecule has 4 heterocycles. The van der Waals surface area contributed by atoms with E-state index in [2.05, 4.69) is 25.9 Å². The van der Waals surface area contributed by atoms with Crippen molar-refractivity contribution in [2.24, 2.45) is 0 Å². The molecule has 2 fully saturated rings. The molecule has 25 heavy (non-hydrogen) atoms. The van der Waals surface area contributed by atoms with Crippen LogP contribution in [0.15, 0.2) is 42.9 Å². The molecule has 0 N–H and O–H groups in total. The first-order valence-electron chi connectivity index (χ1n) is 8.95. The Balaban J connectivity index is 1.32. The highest BCUT2D eigenvalue weighted by Crippen LogP contribution is 2.27. The number of rotatable bonds is 3. The lowest BCUT2D eigenvalue weighted by molar-refractivity contribution is -0.0734. The van der Waals surface area contributed by atoms with Crippen molar-refractivity contribution >= 4 is 11.0 Å². The first-order valence-corrected chi connectivity index (χ1v) is 8.95. The van der Waals surface area contributed by atoms with Gasteiger partial charge in [-0.25, -0.2) is 4.98 Å². The highest BCUT2D eigenvalue weighted by atomic mass is 16.5. The van der Waals surface area contributed by atoms with Crippen LogP contribution in [0.3, 0.4) is 0 Å². The second-order valence-corrected chi connectivity index (χ2v) is 6.91. The summed E-state index contributed by atoms with van der Waals surface area (Å²) in [6, 6.07) is 9.07. The molecule has 3 aromatic rings. The second-order valence-electron chi connectivity index (χ2n) is 6.91. The van der Waals surface area contributed by atoms with E-state index in [0.29, 0.717) is 12.1 Å². The lowest BCUT2D eigenvalue weighted by Crippen LogP contribution is -2.51. The molecule has 2 aromatic heterocycles. The number of piperidine rings is 1. The first kappa shape index (κ1) is 15.0. The van der Waals surface area contributed by atoms with E-state index in [4.69, 9.17) is 9.72 Å². The maximum Gasteiger partial charge on any atom is 0.0924 e. The molecular formula is C19H21N5O. The van der Waals surface area contributed by atoms with E-state index in [0.717, 1.165) is 61.4 Å². The van der Waals surface area contributed by atoms with Gasteiger partial charge in [0.2, 0.25) is 0 Å². The summed E-state index contributed by atoms with van der Waals surface area (Å²) < 4.78 is 7.42. The molecular weight excluding hydrogens is 314 g/mol. The Kier molecular flexibility index (Phi) is 3.72. The molecule has 0 saturated carbocycles. The smallest absolute Gasteiger partial charge is 0.0924 e. The molecule has 2 aliphatic rings. The lowest BCUT2D eigenvalue weighted by atomic mass is 10.0. The van der Waals surface area contributed by atoms with Gasteiger partial charge in [-0.05, 0) is 25.0 Å². The minimum absolute atomic E-state index is 0.472. The Morgan fingerprint density at radius 3 is 2.52 bits per heavy atom. The molecule has 0 atom stereocenters. The van der Waals surface area contributed by atoms with Crippen molar-refractivity contribution in [1.29, 1.82) is 0 Å². The Morgan fingerprint density at radius 2 is 1.76 bits per heavy atom. The fourth-order valence-corrected chi connectivity index (χ4v) is 3.72. The molecule has 128 valence electrons. The van der Waals surface area contributed by atoms with Gasteiger partial charge in [-0.2, -0.15) is 5.10 Å². The number of ether oxygens (including phenoxy) is 1. The molecule has 1 aromatic carbocycles. The molecule has 0 unspecified atom stereocenters. The number of hydrogen-bond acceptors (Lipinski definition) is 5. The van der Waals surface area contributed by atoms with Crippen molar-refractivity contribution in [2.45, 2.75) is 24.9 Å². The number of hydrogen-bond donors (Lipinski definition) is 0. The summed E-state index contributed by atoms with van der Waals surface area (Å²) in [5.41, 5.74) is 3.76. The minimum Gasteiger partial charge on any atom is -0.378 e. The zero-order chi connectivity index (χ0) is 16.6. The number of para-hydroxylation sites is 2. The van der Waals surface area contributed by atoms with Crippen LogP contribution >= 0.6 is 0 Å². The number of aromatic nitrogens is 4. The topological polar surface area (TPSA) is 56.1 Å². The molecule has 0 radical (unpaired) electrons. The van der Waals surface area contributed by atoms with Crippen LogP contribution in [0.25, 0.3) is 22.3 Å². The average molecular weight is 335 g/mol. The van der Waals surface area contributed by atoms with Gasteiger partial charge in [0.1, 0.15) is 0 Å². The van der Waals surface area contributed by atoms with Crippen molar-refractivity contribution in [3.05, 3.63) is 42.9 Å². The molecule has 0 amide bonds. The molecule has 6 heteroatoms. The van der Waals surface area contributed by atoms with Gasteiger partial charge in [0.05, 0.1) is 54.4 Å². The number of fused-ring (bicyclic) bond motifs is 1. The summed E-state index contributed by atoms with van der Waals surface area (Å²) in [4.78, 5) is 11.8. The van der Waals surface area contributed by atoms with Gasteiger partial charge in [0, 0.05) is 24.8 Å². The van der Waals surface area contributed by atoms with E-state index >= 15 is 0 Å². The zero-order valence-corrected chi connectivity index (χ0v) is 14.1. The molecule has 0 aliphatic carbocycles. The van der Waals surface area contributed by atoms with Crippen LogP contribution < -0.4 is 0 Å². The average Bonchev–Trinajstić information content (AvgIpc) is 3.11. The third-order valence-corrected chi connectivity index (χ3v) is 5.36. The standard InChI is InChI=1S/C19H21N5O/c1-2-4-18-17(3-1)20-10-19(22-18)14-9-21-24(11-14)15-5-7-23(8-6-15)16-12-25-13-16/h1-4,9-11,15-16H,5-8,12-13H2. The van der Waals surface area contributed by atoms with Gasteiger partial charge < -0.3 is 4.74 Å². The molecule has 2 saturated heterocycles. The molecule has 0 spiro atoms. The summed E-state index contributed by atoms with van der Waals surface area (Å²) >= 11 is 0. The Labute approximate surface area is 146 Å². The number of nitrogens with zero attached hydrogens (tertiary/aromatic N) is 5. The quantitative estimate of drug-likeness (QED) is 0.736. The van der Waals surface area contributed by atoms with E-state index in [9.17, 15) is 0 Å².